The minimum absolute atomic E-state index is 0.0404. The van der Waals surface area contributed by atoms with Gasteiger partial charge >= 0.3 is 0 Å². The number of thioether (sulfide) groups is 1. The van der Waals surface area contributed by atoms with Gasteiger partial charge < -0.3 is 9.88 Å². The lowest BCUT2D eigenvalue weighted by molar-refractivity contribution is -0.115. The molecule has 26 heavy (non-hydrogen) atoms. The van der Waals surface area contributed by atoms with Crippen LogP contribution in [-0.4, -0.2) is 25.7 Å². The molecular formula is C18H19N5OS2. The van der Waals surface area contributed by atoms with E-state index in [4.69, 9.17) is 0 Å². The van der Waals surface area contributed by atoms with Crippen molar-refractivity contribution in [1.82, 2.24) is 19.7 Å². The fourth-order valence-electron chi connectivity index (χ4n) is 2.62. The lowest BCUT2D eigenvalue weighted by Crippen LogP contribution is -2.15. The highest BCUT2D eigenvalue weighted by molar-refractivity contribution is 7.98. The third kappa shape index (κ3) is 4.13. The number of benzene rings is 1. The Bertz CT molecular complexity index is 916. The molecule has 0 aliphatic heterocycles. The van der Waals surface area contributed by atoms with Gasteiger partial charge in [0, 0.05) is 22.9 Å². The van der Waals surface area contributed by atoms with E-state index in [-0.39, 0.29) is 5.91 Å². The molecule has 4 rings (SSSR count). The molecule has 8 heteroatoms. The van der Waals surface area contributed by atoms with Gasteiger partial charge in [0.1, 0.15) is 11.3 Å². The van der Waals surface area contributed by atoms with E-state index in [1.165, 1.54) is 24.2 Å². The molecule has 3 aromatic rings. The van der Waals surface area contributed by atoms with Crippen molar-refractivity contribution in [2.45, 2.75) is 43.1 Å². The molecule has 6 nitrogen and oxygen atoms in total. The molecule has 0 bridgehead atoms. The highest BCUT2D eigenvalue weighted by Crippen LogP contribution is 2.37. The van der Waals surface area contributed by atoms with Crippen molar-refractivity contribution in [2.75, 3.05) is 5.32 Å². The van der Waals surface area contributed by atoms with Crippen LogP contribution in [-0.2, 0) is 17.0 Å². The molecule has 0 unspecified atom stereocenters. The second-order valence-electron chi connectivity index (χ2n) is 6.31. The lowest BCUT2D eigenvalue weighted by Gasteiger charge is -2.06. The number of amides is 1. The Morgan fingerprint density at radius 2 is 2.23 bits per heavy atom. The predicted octanol–water partition coefficient (Wildman–Crippen LogP) is 3.85. The number of hydrogen-bond acceptors (Lipinski definition) is 6. The minimum atomic E-state index is -0.0404. The highest BCUT2D eigenvalue weighted by atomic mass is 32.2. The van der Waals surface area contributed by atoms with Gasteiger partial charge in [0.2, 0.25) is 5.91 Å². The Hall–Kier alpha value is -2.19. The fourth-order valence-corrected chi connectivity index (χ4v) is 4.39. The van der Waals surface area contributed by atoms with Crippen LogP contribution in [0.3, 0.4) is 0 Å². The molecule has 134 valence electrons. The molecule has 1 aliphatic carbocycles. The number of aryl methyl sites for hydroxylation is 1. The molecule has 1 aliphatic rings. The standard InChI is InChI=1S/C18H19N5OS2/c1-12-4-2-3-5-15(12)21-16(24)8-17-20-13(9-25-17)10-26-18-22-19-11-23(18)14-6-7-14/h2-5,9,11,14H,6-8,10H2,1H3,(H,21,24). The normalized spacial score (nSPS) is 13.7. The van der Waals surface area contributed by atoms with E-state index in [1.54, 1.807) is 11.8 Å². The average Bonchev–Trinajstić information content (AvgIpc) is 3.19. The predicted molar refractivity (Wildman–Crippen MR) is 103 cm³/mol. The molecule has 0 spiro atoms. The van der Waals surface area contributed by atoms with Crippen molar-refractivity contribution in [3.8, 4) is 0 Å². The van der Waals surface area contributed by atoms with Gasteiger partial charge in [-0.3, -0.25) is 4.79 Å². The number of aromatic nitrogens is 4. The van der Waals surface area contributed by atoms with Crippen LogP contribution >= 0.6 is 23.1 Å². The zero-order valence-electron chi connectivity index (χ0n) is 14.4. The van der Waals surface area contributed by atoms with Crippen molar-refractivity contribution in [1.29, 1.82) is 0 Å². The van der Waals surface area contributed by atoms with Crippen LogP contribution in [0, 0.1) is 6.92 Å². The van der Waals surface area contributed by atoms with Crippen LogP contribution in [0.1, 0.15) is 35.1 Å². The van der Waals surface area contributed by atoms with Crippen LogP contribution in [0.25, 0.3) is 0 Å². The number of carbonyl (C=O) groups is 1. The summed E-state index contributed by atoms with van der Waals surface area (Å²) in [4.78, 5) is 16.8. The molecule has 1 saturated carbocycles. The lowest BCUT2D eigenvalue weighted by atomic mass is 10.2. The van der Waals surface area contributed by atoms with E-state index >= 15 is 0 Å². The topological polar surface area (TPSA) is 72.7 Å². The van der Waals surface area contributed by atoms with E-state index in [0.29, 0.717) is 12.5 Å². The Kier molecular flexibility index (Phi) is 5.03. The molecule has 1 fully saturated rings. The molecule has 0 radical (unpaired) electrons. The summed E-state index contributed by atoms with van der Waals surface area (Å²) in [5.41, 5.74) is 2.88. The number of para-hydroxylation sites is 1. The number of rotatable bonds is 7. The summed E-state index contributed by atoms with van der Waals surface area (Å²) in [6.07, 6.45) is 4.52. The molecule has 1 amide bonds. The van der Waals surface area contributed by atoms with Gasteiger partial charge in [-0.25, -0.2) is 4.98 Å². The van der Waals surface area contributed by atoms with E-state index in [2.05, 4.69) is 25.1 Å². The van der Waals surface area contributed by atoms with Crippen molar-refractivity contribution in [3.05, 3.63) is 52.2 Å². The maximum absolute atomic E-state index is 12.2. The molecule has 2 aromatic heterocycles. The number of carbonyl (C=O) groups excluding carboxylic acids is 1. The highest BCUT2D eigenvalue weighted by Gasteiger charge is 2.26. The Balaban J connectivity index is 1.32. The summed E-state index contributed by atoms with van der Waals surface area (Å²) in [6, 6.07) is 8.34. The molecular weight excluding hydrogens is 366 g/mol. The maximum Gasteiger partial charge on any atom is 0.231 e. The van der Waals surface area contributed by atoms with Crippen LogP contribution in [0.2, 0.25) is 0 Å². The van der Waals surface area contributed by atoms with Gasteiger partial charge in [-0.15, -0.1) is 21.5 Å². The molecule has 1 N–H and O–H groups in total. The van der Waals surface area contributed by atoms with Gasteiger partial charge in [-0.2, -0.15) is 0 Å². The Labute approximate surface area is 160 Å². The van der Waals surface area contributed by atoms with Crippen molar-refractivity contribution < 1.29 is 4.79 Å². The fraction of sp³-hybridized carbons (Fsp3) is 0.333. The number of anilines is 1. The average molecular weight is 386 g/mol. The van der Waals surface area contributed by atoms with Crippen molar-refractivity contribution in [2.24, 2.45) is 0 Å². The monoisotopic (exact) mass is 385 g/mol. The van der Waals surface area contributed by atoms with Crippen molar-refractivity contribution >= 4 is 34.7 Å². The number of nitrogens with one attached hydrogen (secondary N) is 1. The zero-order valence-corrected chi connectivity index (χ0v) is 16.0. The third-order valence-electron chi connectivity index (χ3n) is 4.16. The van der Waals surface area contributed by atoms with Gasteiger partial charge in [-0.05, 0) is 31.4 Å². The van der Waals surface area contributed by atoms with Crippen LogP contribution in [0.15, 0.2) is 41.1 Å². The molecule has 2 heterocycles. The first-order chi connectivity index (χ1) is 12.7. The number of nitrogens with zero attached hydrogens (tertiary/aromatic N) is 4. The molecule has 0 atom stereocenters. The Morgan fingerprint density at radius 1 is 1.38 bits per heavy atom. The van der Waals surface area contributed by atoms with Crippen LogP contribution in [0.4, 0.5) is 5.69 Å². The van der Waals surface area contributed by atoms with Crippen molar-refractivity contribution in [3.63, 3.8) is 0 Å². The minimum Gasteiger partial charge on any atom is -0.325 e. The third-order valence-corrected chi connectivity index (χ3v) is 6.05. The summed E-state index contributed by atoms with van der Waals surface area (Å²) in [5, 5.41) is 14.9. The second kappa shape index (κ2) is 7.59. The number of hydrogen-bond donors (Lipinski definition) is 1. The Morgan fingerprint density at radius 3 is 3.04 bits per heavy atom. The first-order valence-corrected chi connectivity index (χ1v) is 10.4. The smallest absolute Gasteiger partial charge is 0.231 e. The quantitative estimate of drug-likeness (QED) is 0.626. The summed E-state index contributed by atoms with van der Waals surface area (Å²) in [6.45, 7) is 1.98. The summed E-state index contributed by atoms with van der Waals surface area (Å²) >= 11 is 3.17. The van der Waals surface area contributed by atoms with E-state index in [1.807, 2.05) is 42.9 Å². The first kappa shape index (κ1) is 17.2. The number of thiazole rings is 1. The van der Waals surface area contributed by atoms with Gasteiger partial charge in [0.05, 0.1) is 12.1 Å². The van der Waals surface area contributed by atoms with Crippen LogP contribution in [0.5, 0.6) is 0 Å². The first-order valence-electron chi connectivity index (χ1n) is 8.50. The second-order valence-corrected chi connectivity index (χ2v) is 8.20. The van der Waals surface area contributed by atoms with Gasteiger partial charge in [0.15, 0.2) is 5.16 Å². The SMILES string of the molecule is Cc1ccccc1NC(=O)Cc1nc(CSc2nncn2C2CC2)cs1. The van der Waals surface area contributed by atoms with Gasteiger partial charge in [0.25, 0.3) is 0 Å². The zero-order chi connectivity index (χ0) is 17.9. The van der Waals surface area contributed by atoms with E-state index in [9.17, 15) is 4.79 Å². The summed E-state index contributed by atoms with van der Waals surface area (Å²) < 4.78 is 2.15. The molecule has 1 aromatic carbocycles. The maximum atomic E-state index is 12.2. The van der Waals surface area contributed by atoms with Crippen LogP contribution < -0.4 is 5.32 Å². The van der Waals surface area contributed by atoms with E-state index < -0.39 is 0 Å². The summed E-state index contributed by atoms with van der Waals surface area (Å²) in [7, 11) is 0. The molecule has 0 saturated heterocycles. The van der Waals surface area contributed by atoms with E-state index in [0.717, 1.165) is 32.9 Å². The summed E-state index contributed by atoms with van der Waals surface area (Å²) in [5.74, 6) is 0.697. The van der Waals surface area contributed by atoms with Gasteiger partial charge in [-0.1, -0.05) is 30.0 Å². The largest absolute Gasteiger partial charge is 0.325 e.